The highest BCUT2D eigenvalue weighted by Gasteiger charge is 2.14. The molecule has 0 unspecified atom stereocenters. The molecule has 6 nitrogen and oxygen atoms in total. The average Bonchev–Trinajstić information content (AvgIpc) is 3.13. The van der Waals surface area contributed by atoms with Crippen LogP contribution in [-0.4, -0.2) is 25.9 Å². The van der Waals surface area contributed by atoms with Crippen molar-refractivity contribution in [1.82, 2.24) is 19.3 Å². The molecule has 0 saturated heterocycles. The Hall–Kier alpha value is -2.98. The van der Waals surface area contributed by atoms with E-state index < -0.39 is 0 Å². The molecule has 0 aliphatic rings. The summed E-state index contributed by atoms with van der Waals surface area (Å²) in [6.45, 7) is 0.176. The SMILES string of the molecule is Cn1nccc1-c1cc(C#N)cc2c1ncn2C/C(F)=C/CN. The Morgan fingerprint density at radius 1 is 1.48 bits per heavy atom. The predicted molar refractivity (Wildman–Crippen MR) is 84.9 cm³/mol. The minimum atomic E-state index is -0.337. The number of hydrogen-bond acceptors (Lipinski definition) is 4. The third-order valence-corrected chi connectivity index (χ3v) is 3.61. The van der Waals surface area contributed by atoms with Crippen LogP contribution in [0.1, 0.15) is 5.56 Å². The maximum absolute atomic E-state index is 13.8. The molecule has 3 rings (SSSR count). The Kier molecular flexibility index (Phi) is 3.91. The normalized spacial score (nSPS) is 11.8. The summed E-state index contributed by atoms with van der Waals surface area (Å²) in [5, 5.41) is 13.4. The maximum atomic E-state index is 13.8. The largest absolute Gasteiger partial charge is 0.327 e. The highest BCUT2D eigenvalue weighted by atomic mass is 19.1. The molecule has 2 N–H and O–H groups in total. The van der Waals surface area contributed by atoms with Crippen LogP contribution in [0.25, 0.3) is 22.3 Å². The fourth-order valence-electron chi connectivity index (χ4n) is 2.54. The van der Waals surface area contributed by atoms with Crippen molar-refractivity contribution in [2.45, 2.75) is 6.54 Å². The standard InChI is InChI=1S/C16H15FN6/c1-22-14(3-5-21-22)13-6-11(8-19)7-15-16(13)20-10-23(15)9-12(17)2-4-18/h2-3,5-7,10H,4,9,18H2,1H3/b12-2-. The number of fused-ring (bicyclic) bond motifs is 1. The minimum Gasteiger partial charge on any atom is -0.327 e. The van der Waals surface area contributed by atoms with E-state index in [4.69, 9.17) is 5.73 Å². The van der Waals surface area contributed by atoms with Crippen LogP contribution < -0.4 is 5.73 Å². The third-order valence-electron chi connectivity index (χ3n) is 3.61. The zero-order valence-electron chi connectivity index (χ0n) is 12.6. The van der Waals surface area contributed by atoms with E-state index >= 15 is 0 Å². The molecule has 0 bridgehead atoms. The number of halogens is 1. The Labute approximate surface area is 132 Å². The summed E-state index contributed by atoms with van der Waals surface area (Å²) >= 11 is 0. The average molecular weight is 310 g/mol. The lowest BCUT2D eigenvalue weighted by Crippen LogP contribution is -2.01. The van der Waals surface area contributed by atoms with Crippen LogP contribution in [0, 0.1) is 11.3 Å². The third kappa shape index (κ3) is 2.72. The van der Waals surface area contributed by atoms with Crippen LogP contribution in [0.3, 0.4) is 0 Å². The second kappa shape index (κ2) is 6.02. The number of nitrogens with zero attached hydrogens (tertiary/aromatic N) is 5. The van der Waals surface area contributed by atoms with Crippen LogP contribution in [0.2, 0.25) is 0 Å². The van der Waals surface area contributed by atoms with Crippen molar-refractivity contribution in [3.05, 3.63) is 48.2 Å². The highest BCUT2D eigenvalue weighted by Crippen LogP contribution is 2.29. The first-order valence-electron chi connectivity index (χ1n) is 7.06. The van der Waals surface area contributed by atoms with Gasteiger partial charge < -0.3 is 10.3 Å². The molecule has 2 aromatic heterocycles. The molecular weight excluding hydrogens is 295 g/mol. The Morgan fingerprint density at radius 3 is 2.96 bits per heavy atom. The van der Waals surface area contributed by atoms with Crippen LogP contribution in [-0.2, 0) is 13.6 Å². The van der Waals surface area contributed by atoms with E-state index in [9.17, 15) is 9.65 Å². The first-order valence-corrected chi connectivity index (χ1v) is 7.06. The Balaban J connectivity index is 2.20. The fourth-order valence-corrected chi connectivity index (χ4v) is 2.54. The van der Waals surface area contributed by atoms with Crippen molar-refractivity contribution in [3.63, 3.8) is 0 Å². The van der Waals surface area contributed by atoms with Gasteiger partial charge in [0, 0.05) is 25.4 Å². The van der Waals surface area contributed by atoms with E-state index in [1.165, 1.54) is 6.08 Å². The van der Waals surface area contributed by atoms with Gasteiger partial charge >= 0.3 is 0 Å². The molecule has 0 spiro atoms. The summed E-state index contributed by atoms with van der Waals surface area (Å²) < 4.78 is 17.1. The number of nitriles is 1. The van der Waals surface area contributed by atoms with E-state index in [-0.39, 0.29) is 18.9 Å². The fraction of sp³-hybridized carbons (Fsp3) is 0.188. The summed E-state index contributed by atoms with van der Waals surface area (Å²) in [6, 6.07) is 7.46. The number of benzene rings is 1. The van der Waals surface area contributed by atoms with Gasteiger partial charge in [0.15, 0.2) is 0 Å². The van der Waals surface area contributed by atoms with Gasteiger partial charge in [0.2, 0.25) is 0 Å². The van der Waals surface area contributed by atoms with E-state index in [1.54, 1.807) is 33.9 Å². The van der Waals surface area contributed by atoms with Crippen LogP contribution >= 0.6 is 0 Å². The van der Waals surface area contributed by atoms with Crippen LogP contribution in [0.4, 0.5) is 4.39 Å². The van der Waals surface area contributed by atoms with Gasteiger partial charge in [-0.3, -0.25) is 4.68 Å². The van der Waals surface area contributed by atoms with Crippen LogP contribution in [0.15, 0.2) is 42.6 Å². The summed E-state index contributed by atoms with van der Waals surface area (Å²) in [5.41, 5.74) is 8.85. The predicted octanol–water partition coefficient (Wildman–Crippen LogP) is 2.12. The first-order chi connectivity index (χ1) is 11.1. The van der Waals surface area contributed by atoms with Gasteiger partial charge in [-0.2, -0.15) is 10.4 Å². The van der Waals surface area contributed by atoms with Gasteiger partial charge in [-0.05, 0) is 24.3 Å². The molecule has 0 aliphatic carbocycles. The quantitative estimate of drug-likeness (QED) is 0.800. The summed E-state index contributed by atoms with van der Waals surface area (Å²) in [6.07, 6.45) is 4.57. The van der Waals surface area contributed by atoms with E-state index in [1.807, 2.05) is 13.1 Å². The lowest BCUT2D eigenvalue weighted by molar-refractivity contribution is 0.558. The van der Waals surface area contributed by atoms with Crippen molar-refractivity contribution in [1.29, 1.82) is 5.26 Å². The number of allylic oxidation sites excluding steroid dienone is 1. The molecule has 1 aromatic carbocycles. The molecule has 23 heavy (non-hydrogen) atoms. The number of nitrogens with two attached hydrogens (primary N) is 1. The topological polar surface area (TPSA) is 85.5 Å². The molecule has 0 saturated carbocycles. The second-order valence-corrected chi connectivity index (χ2v) is 5.10. The maximum Gasteiger partial charge on any atom is 0.117 e. The van der Waals surface area contributed by atoms with Gasteiger partial charge in [-0.15, -0.1) is 0 Å². The number of aromatic nitrogens is 4. The van der Waals surface area contributed by atoms with Crippen molar-refractivity contribution in [2.24, 2.45) is 12.8 Å². The monoisotopic (exact) mass is 310 g/mol. The molecule has 0 aliphatic heterocycles. The smallest absolute Gasteiger partial charge is 0.117 e. The summed E-state index contributed by atoms with van der Waals surface area (Å²) in [7, 11) is 1.82. The van der Waals surface area contributed by atoms with E-state index in [0.717, 1.165) is 11.3 Å². The zero-order valence-corrected chi connectivity index (χ0v) is 12.6. The number of imidazole rings is 1. The highest BCUT2D eigenvalue weighted by molar-refractivity contribution is 5.92. The Morgan fingerprint density at radius 2 is 2.30 bits per heavy atom. The summed E-state index contributed by atoms with van der Waals surface area (Å²) in [4.78, 5) is 4.39. The molecule has 0 fully saturated rings. The van der Waals surface area contributed by atoms with Gasteiger partial charge in [0.25, 0.3) is 0 Å². The van der Waals surface area contributed by atoms with Gasteiger partial charge in [0.1, 0.15) is 5.83 Å². The van der Waals surface area contributed by atoms with Gasteiger partial charge in [-0.1, -0.05) is 0 Å². The van der Waals surface area contributed by atoms with Crippen molar-refractivity contribution in [2.75, 3.05) is 6.54 Å². The Bertz CT molecular complexity index is 928. The second-order valence-electron chi connectivity index (χ2n) is 5.10. The number of hydrogen-bond donors (Lipinski definition) is 1. The van der Waals surface area contributed by atoms with Crippen LogP contribution in [0.5, 0.6) is 0 Å². The molecular formula is C16H15FN6. The molecule has 0 radical (unpaired) electrons. The molecule has 116 valence electrons. The minimum absolute atomic E-state index is 0.0351. The van der Waals surface area contributed by atoms with Gasteiger partial charge in [-0.25, -0.2) is 9.37 Å². The van der Waals surface area contributed by atoms with Crippen molar-refractivity contribution < 1.29 is 4.39 Å². The lowest BCUT2D eigenvalue weighted by atomic mass is 10.1. The molecule has 0 amide bonds. The molecule has 7 heteroatoms. The number of aryl methyl sites for hydroxylation is 1. The van der Waals surface area contributed by atoms with Gasteiger partial charge in [0.05, 0.1) is 41.2 Å². The van der Waals surface area contributed by atoms with Crippen molar-refractivity contribution >= 4 is 11.0 Å². The number of rotatable bonds is 4. The molecule has 3 aromatic rings. The first kappa shape index (κ1) is 14.9. The molecule has 2 heterocycles. The van der Waals surface area contributed by atoms with Crippen molar-refractivity contribution in [3.8, 4) is 17.3 Å². The zero-order chi connectivity index (χ0) is 16.4. The van der Waals surface area contributed by atoms with E-state index in [2.05, 4.69) is 16.2 Å². The lowest BCUT2D eigenvalue weighted by Gasteiger charge is -2.07. The summed E-state index contributed by atoms with van der Waals surface area (Å²) in [5.74, 6) is -0.337. The molecule has 0 atom stereocenters. The van der Waals surface area contributed by atoms with E-state index in [0.29, 0.717) is 16.6 Å².